The van der Waals surface area contributed by atoms with Crippen LogP contribution >= 0.6 is 0 Å². The highest BCUT2D eigenvalue weighted by Gasteiger charge is 2.24. The van der Waals surface area contributed by atoms with Crippen molar-refractivity contribution in [2.75, 3.05) is 6.61 Å². The van der Waals surface area contributed by atoms with Crippen molar-refractivity contribution in [3.8, 4) is 0 Å². The van der Waals surface area contributed by atoms with E-state index in [1.165, 1.54) is 0 Å². The standard InChI is InChI=1S/C16H19N3O3/c1-10(14-7-4-8-22-14)17-15(20)9-13-11-5-2-3-6-12(11)16(21)19-18-13/h2-3,5-6,10,14H,4,7-9H2,1H3,(H,17,20)(H,19,21)/t10-,14-/m0/s1. The molecular formula is C16H19N3O3. The van der Waals surface area contributed by atoms with Gasteiger partial charge in [0.15, 0.2) is 0 Å². The third kappa shape index (κ3) is 3.01. The van der Waals surface area contributed by atoms with E-state index in [0.717, 1.165) is 19.4 Å². The minimum absolute atomic E-state index is 0.0241. The Hall–Kier alpha value is -2.21. The highest BCUT2D eigenvalue weighted by molar-refractivity contribution is 5.88. The Kier molecular flexibility index (Phi) is 4.20. The van der Waals surface area contributed by atoms with Crippen LogP contribution in [0.25, 0.3) is 10.8 Å². The molecule has 0 aliphatic carbocycles. The Labute approximate surface area is 127 Å². The summed E-state index contributed by atoms with van der Waals surface area (Å²) in [6.45, 7) is 2.71. The van der Waals surface area contributed by atoms with Crippen LogP contribution in [0.15, 0.2) is 29.1 Å². The highest BCUT2D eigenvalue weighted by Crippen LogP contribution is 2.16. The van der Waals surface area contributed by atoms with Gasteiger partial charge in [-0.3, -0.25) is 9.59 Å². The lowest BCUT2D eigenvalue weighted by molar-refractivity contribution is -0.121. The van der Waals surface area contributed by atoms with Gasteiger partial charge in [0.1, 0.15) is 0 Å². The molecule has 1 aromatic carbocycles. The van der Waals surface area contributed by atoms with E-state index >= 15 is 0 Å². The third-order valence-electron chi connectivity index (χ3n) is 4.01. The summed E-state index contributed by atoms with van der Waals surface area (Å²) in [5.41, 5.74) is 0.333. The van der Waals surface area contributed by atoms with Crippen molar-refractivity contribution in [3.05, 3.63) is 40.3 Å². The Bertz CT molecular complexity index is 735. The molecule has 2 heterocycles. The maximum atomic E-state index is 12.2. The first-order valence-electron chi connectivity index (χ1n) is 7.52. The first-order valence-corrected chi connectivity index (χ1v) is 7.52. The van der Waals surface area contributed by atoms with E-state index < -0.39 is 0 Å². The van der Waals surface area contributed by atoms with Crippen molar-refractivity contribution in [2.24, 2.45) is 0 Å². The number of nitrogens with one attached hydrogen (secondary N) is 2. The van der Waals surface area contributed by atoms with E-state index in [1.807, 2.05) is 19.1 Å². The molecule has 3 rings (SSSR count). The summed E-state index contributed by atoms with van der Waals surface area (Å²) in [7, 11) is 0. The molecular weight excluding hydrogens is 282 g/mol. The van der Waals surface area contributed by atoms with Gasteiger partial charge in [0.2, 0.25) is 5.91 Å². The molecule has 0 spiro atoms. The molecule has 1 aliphatic rings. The van der Waals surface area contributed by atoms with Crippen molar-refractivity contribution in [1.82, 2.24) is 15.5 Å². The second-order valence-corrected chi connectivity index (χ2v) is 5.63. The van der Waals surface area contributed by atoms with Crippen molar-refractivity contribution in [3.63, 3.8) is 0 Å². The fourth-order valence-electron chi connectivity index (χ4n) is 2.85. The molecule has 1 amide bonds. The second-order valence-electron chi connectivity index (χ2n) is 5.63. The number of aromatic nitrogens is 2. The van der Waals surface area contributed by atoms with E-state index in [4.69, 9.17) is 4.74 Å². The van der Waals surface area contributed by atoms with Crippen LogP contribution in [-0.2, 0) is 16.0 Å². The molecule has 1 aliphatic heterocycles. The summed E-state index contributed by atoms with van der Waals surface area (Å²) in [5, 5.41) is 10.7. The predicted molar refractivity (Wildman–Crippen MR) is 82.6 cm³/mol. The van der Waals surface area contributed by atoms with Crippen LogP contribution in [-0.4, -0.2) is 34.9 Å². The SMILES string of the molecule is C[C@H](NC(=O)Cc1n[nH]c(=O)c2ccccc12)[C@@H]1CCCO1. The zero-order valence-electron chi connectivity index (χ0n) is 12.5. The number of benzene rings is 1. The molecule has 6 nitrogen and oxygen atoms in total. The number of nitrogens with zero attached hydrogens (tertiary/aromatic N) is 1. The molecule has 0 radical (unpaired) electrons. The molecule has 1 aromatic heterocycles. The van der Waals surface area contributed by atoms with E-state index in [0.29, 0.717) is 16.5 Å². The van der Waals surface area contributed by atoms with Crippen molar-refractivity contribution in [1.29, 1.82) is 0 Å². The molecule has 0 saturated carbocycles. The number of rotatable bonds is 4. The zero-order valence-corrected chi connectivity index (χ0v) is 12.5. The lowest BCUT2D eigenvalue weighted by Gasteiger charge is -2.19. The number of hydrogen-bond acceptors (Lipinski definition) is 4. The maximum Gasteiger partial charge on any atom is 0.272 e. The Morgan fingerprint density at radius 3 is 2.95 bits per heavy atom. The minimum Gasteiger partial charge on any atom is -0.376 e. The molecule has 116 valence electrons. The monoisotopic (exact) mass is 301 g/mol. The molecule has 2 aromatic rings. The van der Waals surface area contributed by atoms with Crippen molar-refractivity contribution in [2.45, 2.75) is 38.3 Å². The molecule has 0 unspecified atom stereocenters. The van der Waals surface area contributed by atoms with Crippen LogP contribution in [0.4, 0.5) is 0 Å². The lowest BCUT2D eigenvalue weighted by atomic mass is 10.1. The fourth-order valence-corrected chi connectivity index (χ4v) is 2.85. The lowest BCUT2D eigenvalue weighted by Crippen LogP contribution is -2.41. The molecule has 2 N–H and O–H groups in total. The van der Waals surface area contributed by atoms with Crippen molar-refractivity contribution < 1.29 is 9.53 Å². The van der Waals surface area contributed by atoms with Crippen LogP contribution in [0.1, 0.15) is 25.5 Å². The Morgan fingerprint density at radius 2 is 2.23 bits per heavy atom. The van der Waals surface area contributed by atoms with Gasteiger partial charge in [-0.05, 0) is 25.8 Å². The number of ether oxygens (including phenoxy) is 1. The molecule has 1 saturated heterocycles. The van der Waals surface area contributed by atoms with Gasteiger partial charge in [-0.15, -0.1) is 0 Å². The zero-order chi connectivity index (χ0) is 15.5. The number of amides is 1. The van der Waals surface area contributed by atoms with Gasteiger partial charge < -0.3 is 10.1 Å². The predicted octanol–water partition coefficient (Wildman–Crippen LogP) is 1.15. The quantitative estimate of drug-likeness (QED) is 0.887. The average molecular weight is 301 g/mol. The highest BCUT2D eigenvalue weighted by atomic mass is 16.5. The first kappa shape index (κ1) is 14.7. The summed E-state index contributed by atoms with van der Waals surface area (Å²) in [6.07, 6.45) is 2.23. The van der Waals surface area contributed by atoms with E-state index in [2.05, 4.69) is 15.5 Å². The average Bonchev–Trinajstić information content (AvgIpc) is 3.05. The number of carbonyl (C=O) groups excluding carboxylic acids is 1. The van der Waals surface area contributed by atoms with Gasteiger partial charge in [0, 0.05) is 12.0 Å². The van der Waals surface area contributed by atoms with Crippen molar-refractivity contribution >= 4 is 16.7 Å². The van der Waals surface area contributed by atoms with Gasteiger partial charge in [0.25, 0.3) is 5.56 Å². The van der Waals surface area contributed by atoms with Gasteiger partial charge in [-0.1, -0.05) is 18.2 Å². The Morgan fingerprint density at radius 1 is 1.45 bits per heavy atom. The number of carbonyl (C=O) groups is 1. The van der Waals surface area contributed by atoms with Crippen LogP contribution in [0.3, 0.4) is 0 Å². The summed E-state index contributed by atoms with van der Waals surface area (Å²) >= 11 is 0. The maximum absolute atomic E-state index is 12.2. The number of fused-ring (bicyclic) bond motifs is 1. The molecule has 2 atom stereocenters. The number of aromatic amines is 1. The van der Waals surface area contributed by atoms with Gasteiger partial charge in [-0.25, -0.2) is 5.10 Å². The summed E-state index contributed by atoms with van der Waals surface area (Å²) in [4.78, 5) is 23.9. The molecule has 6 heteroatoms. The van der Waals surface area contributed by atoms with E-state index in [-0.39, 0.29) is 30.0 Å². The second kappa shape index (κ2) is 6.27. The molecule has 0 bridgehead atoms. The van der Waals surface area contributed by atoms with Crippen LogP contribution in [0.5, 0.6) is 0 Å². The van der Waals surface area contributed by atoms with Gasteiger partial charge in [0.05, 0.1) is 29.6 Å². The smallest absolute Gasteiger partial charge is 0.272 e. The minimum atomic E-state index is -0.243. The summed E-state index contributed by atoms with van der Waals surface area (Å²) in [5.74, 6) is -0.118. The Balaban J connectivity index is 1.74. The van der Waals surface area contributed by atoms with Crippen LogP contribution in [0, 0.1) is 0 Å². The molecule has 1 fully saturated rings. The van der Waals surface area contributed by atoms with Gasteiger partial charge >= 0.3 is 0 Å². The normalized spacial score (nSPS) is 19.2. The largest absolute Gasteiger partial charge is 0.376 e. The molecule has 22 heavy (non-hydrogen) atoms. The first-order chi connectivity index (χ1) is 10.6. The number of hydrogen-bond donors (Lipinski definition) is 2. The third-order valence-corrected chi connectivity index (χ3v) is 4.01. The summed E-state index contributed by atoms with van der Waals surface area (Å²) in [6, 6.07) is 7.14. The van der Waals surface area contributed by atoms with Crippen LogP contribution < -0.4 is 10.9 Å². The number of H-pyrrole nitrogens is 1. The van der Waals surface area contributed by atoms with E-state index in [9.17, 15) is 9.59 Å². The topological polar surface area (TPSA) is 84.1 Å². The van der Waals surface area contributed by atoms with Gasteiger partial charge in [-0.2, -0.15) is 5.10 Å². The summed E-state index contributed by atoms with van der Waals surface area (Å²) < 4.78 is 5.57. The van der Waals surface area contributed by atoms with E-state index in [1.54, 1.807) is 12.1 Å². The fraction of sp³-hybridized carbons (Fsp3) is 0.438. The van der Waals surface area contributed by atoms with Crippen LogP contribution in [0.2, 0.25) is 0 Å².